The van der Waals surface area contributed by atoms with Crippen LogP contribution in [0.15, 0.2) is 0 Å². The number of nitrogens with zero attached hydrogens (tertiary/aromatic N) is 1. The molecule has 152 valence electrons. The first kappa shape index (κ1) is 23.0. The maximum atomic E-state index is 12.8. The van der Waals surface area contributed by atoms with Crippen molar-refractivity contribution in [3.05, 3.63) is 0 Å². The van der Waals surface area contributed by atoms with Crippen molar-refractivity contribution in [3.63, 3.8) is 0 Å². The molecule has 0 aliphatic carbocycles. The van der Waals surface area contributed by atoms with Gasteiger partial charge in [0.1, 0.15) is 11.1 Å². The number of aliphatic carboxylic acids is 1. The van der Waals surface area contributed by atoms with Crippen LogP contribution in [0, 0.1) is 0 Å². The number of carboxylic acids is 1. The highest BCUT2D eigenvalue weighted by Crippen LogP contribution is 2.40. The van der Waals surface area contributed by atoms with E-state index in [4.69, 9.17) is 9.16 Å². The summed E-state index contributed by atoms with van der Waals surface area (Å²) in [5.74, 6) is -0.975. The Kier molecular flexibility index (Phi) is 6.62. The van der Waals surface area contributed by atoms with Gasteiger partial charge in [0.2, 0.25) is 0 Å². The molecule has 1 heterocycles. The predicted octanol–water partition coefficient (Wildman–Crippen LogP) is 4.64. The summed E-state index contributed by atoms with van der Waals surface area (Å²) in [5.41, 5.74) is -1.90. The molecule has 0 unspecified atom stereocenters. The highest BCUT2D eigenvalue weighted by molar-refractivity contribution is 6.74. The minimum atomic E-state index is -2.01. The van der Waals surface area contributed by atoms with E-state index in [1.165, 1.54) is 4.90 Å². The van der Waals surface area contributed by atoms with Crippen LogP contribution in [0.5, 0.6) is 0 Å². The first-order valence-corrected chi connectivity index (χ1v) is 12.4. The molecule has 0 spiro atoms. The summed E-state index contributed by atoms with van der Waals surface area (Å²) >= 11 is 0. The third kappa shape index (κ3) is 5.00. The molecule has 0 aromatic heterocycles. The average molecular weight is 388 g/mol. The molecule has 26 heavy (non-hydrogen) atoms. The van der Waals surface area contributed by atoms with Crippen LogP contribution in [0.4, 0.5) is 4.79 Å². The molecule has 2 atom stereocenters. The van der Waals surface area contributed by atoms with Crippen LogP contribution in [0.1, 0.15) is 67.7 Å². The smallest absolute Gasteiger partial charge is 0.411 e. The second-order valence-electron chi connectivity index (χ2n) is 9.82. The lowest BCUT2D eigenvalue weighted by Gasteiger charge is -2.48. The zero-order valence-electron chi connectivity index (χ0n) is 17.9. The molecule has 1 aliphatic rings. The standard InChI is InChI=1S/C19H37NO5Si/c1-10-19(15(21)22)12-11-14(25-26(8,9)18(5,6)7)13-20(19)16(23)24-17(2,3)4/h14H,10-13H2,1-9H3,(H,21,22)/t14-,19-/m0/s1. The van der Waals surface area contributed by atoms with E-state index in [0.717, 1.165) is 0 Å². The molecule has 0 aromatic carbocycles. The highest BCUT2D eigenvalue weighted by atomic mass is 28.4. The normalized spacial score (nSPS) is 25.1. The van der Waals surface area contributed by atoms with E-state index < -0.39 is 31.5 Å². The molecule has 0 aromatic rings. The van der Waals surface area contributed by atoms with E-state index in [-0.39, 0.29) is 17.7 Å². The van der Waals surface area contributed by atoms with Crippen LogP contribution in [-0.4, -0.2) is 54.2 Å². The lowest BCUT2D eigenvalue weighted by molar-refractivity contribution is -0.156. The fraction of sp³-hybridized carbons (Fsp3) is 0.895. The number of rotatable bonds is 4. The van der Waals surface area contributed by atoms with Crippen LogP contribution in [0.2, 0.25) is 18.1 Å². The van der Waals surface area contributed by atoms with Crippen molar-refractivity contribution in [2.24, 2.45) is 0 Å². The minimum absolute atomic E-state index is 0.0514. The topological polar surface area (TPSA) is 76.1 Å². The molecular weight excluding hydrogens is 350 g/mol. The van der Waals surface area contributed by atoms with Crippen molar-refractivity contribution >= 4 is 20.4 Å². The van der Waals surface area contributed by atoms with Crippen molar-refractivity contribution in [2.75, 3.05) is 6.54 Å². The molecule has 1 rings (SSSR count). The number of carboxylic acid groups (broad SMARTS) is 1. The SMILES string of the molecule is CC[C@@]1(C(=O)O)CC[C@H](O[Si](C)(C)C(C)(C)C)CN1C(=O)OC(C)(C)C. The van der Waals surface area contributed by atoms with E-state index in [0.29, 0.717) is 19.3 Å². The Morgan fingerprint density at radius 3 is 2.12 bits per heavy atom. The molecule has 1 saturated heterocycles. The summed E-state index contributed by atoms with van der Waals surface area (Å²) in [5, 5.41) is 9.92. The van der Waals surface area contributed by atoms with Crippen LogP contribution in [0.3, 0.4) is 0 Å². The number of hydrogen-bond acceptors (Lipinski definition) is 4. The Bertz CT molecular complexity index is 535. The van der Waals surface area contributed by atoms with Gasteiger partial charge in [0.05, 0.1) is 12.6 Å². The monoisotopic (exact) mass is 387 g/mol. The van der Waals surface area contributed by atoms with Gasteiger partial charge in [-0.2, -0.15) is 0 Å². The third-order valence-corrected chi connectivity index (χ3v) is 10.2. The van der Waals surface area contributed by atoms with Crippen LogP contribution >= 0.6 is 0 Å². The molecule has 1 N–H and O–H groups in total. The molecule has 0 bridgehead atoms. The molecule has 6 nitrogen and oxygen atoms in total. The number of carbonyl (C=O) groups excluding carboxylic acids is 1. The number of ether oxygens (including phenoxy) is 1. The van der Waals surface area contributed by atoms with Crippen molar-refractivity contribution in [3.8, 4) is 0 Å². The summed E-state index contributed by atoms with van der Waals surface area (Å²) < 4.78 is 12.0. The molecule has 0 radical (unpaired) electrons. The molecule has 7 heteroatoms. The average Bonchev–Trinajstić information content (AvgIpc) is 2.43. The number of piperidine rings is 1. The van der Waals surface area contributed by atoms with Gasteiger partial charge in [-0.05, 0) is 58.2 Å². The van der Waals surface area contributed by atoms with Gasteiger partial charge in [0.25, 0.3) is 0 Å². The summed E-state index contributed by atoms with van der Waals surface area (Å²) in [6.45, 7) is 18.3. The van der Waals surface area contributed by atoms with Gasteiger partial charge >= 0.3 is 12.1 Å². The van der Waals surface area contributed by atoms with Crippen molar-refractivity contribution < 1.29 is 23.9 Å². The Hall–Kier alpha value is -1.08. The summed E-state index contributed by atoms with van der Waals surface area (Å²) in [7, 11) is -2.01. The second kappa shape index (κ2) is 7.50. The quantitative estimate of drug-likeness (QED) is 0.711. The number of hydrogen-bond donors (Lipinski definition) is 1. The third-order valence-electron chi connectivity index (χ3n) is 5.65. The molecular formula is C19H37NO5Si. The number of carbonyl (C=O) groups is 2. The summed E-state index contributed by atoms with van der Waals surface area (Å²) in [4.78, 5) is 26.2. The molecule has 0 saturated carbocycles. The maximum absolute atomic E-state index is 12.8. The van der Waals surface area contributed by atoms with Gasteiger partial charge < -0.3 is 14.3 Å². The number of amides is 1. The van der Waals surface area contributed by atoms with E-state index >= 15 is 0 Å². The Labute approximate surface area is 159 Å². The van der Waals surface area contributed by atoms with E-state index in [2.05, 4.69) is 33.9 Å². The summed E-state index contributed by atoms with van der Waals surface area (Å²) in [6.07, 6.45) is 0.602. The molecule has 1 aliphatic heterocycles. The van der Waals surface area contributed by atoms with Gasteiger partial charge in [-0.3, -0.25) is 4.90 Å². The fourth-order valence-electron chi connectivity index (χ4n) is 3.00. The zero-order valence-corrected chi connectivity index (χ0v) is 18.9. The van der Waals surface area contributed by atoms with E-state index in [9.17, 15) is 14.7 Å². The first-order valence-electron chi connectivity index (χ1n) is 9.47. The number of likely N-dealkylation sites (tertiary alicyclic amines) is 1. The Balaban J connectivity index is 3.11. The van der Waals surface area contributed by atoms with E-state index in [1.54, 1.807) is 27.7 Å². The lowest BCUT2D eigenvalue weighted by atomic mass is 9.83. The van der Waals surface area contributed by atoms with Gasteiger partial charge in [-0.1, -0.05) is 27.7 Å². The zero-order chi connectivity index (χ0) is 20.6. The van der Waals surface area contributed by atoms with Crippen LogP contribution in [-0.2, 0) is 14.0 Å². The summed E-state index contributed by atoms with van der Waals surface area (Å²) in [6, 6.07) is 0. The maximum Gasteiger partial charge on any atom is 0.411 e. The predicted molar refractivity (Wildman–Crippen MR) is 105 cm³/mol. The highest BCUT2D eigenvalue weighted by Gasteiger charge is 2.51. The Morgan fingerprint density at radius 2 is 1.73 bits per heavy atom. The minimum Gasteiger partial charge on any atom is -0.479 e. The first-order chi connectivity index (χ1) is 11.6. The van der Waals surface area contributed by atoms with Gasteiger partial charge in [-0.25, -0.2) is 9.59 Å². The van der Waals surface area contributed by atoms with Gasteiger partial charge in [-0.15, -0.1) is 0 Å². The largest absolute Gasteiger partial charge is 0.479 e. The lowest BCUT2D eigenvalue weighted by Crippen LogP contribution is -2.63. The molecule has 1 amide bonds. The van der Waals surface area contributed by atoms with Crippen molar-refractivity contribution in [1.29, 1.82) is 0 Å². The van der Waals surface area contributed by atoms with Gasteiger partial charge in [0.15, 0.2) is 8.32 Å². The van der Waals surface area contributed by atoms with E-state index in [1.807, 2.05) is 0 Å². The molecule has 1 fully saturated rings. The van der Waals surface area contributed by atoms with Crippen molar-refractivity contribution in [1.82, 2.24) is 4.90 Å². The van der Waals surface area contributed by atoms with Crippen LogP contribution < -0.4 is 0 Å². The fourth-order valence-corrected chi connectivity index (χ4v) is 4.38. The van der Waals surface area contributed by atoms with Crippen LogP contribution in [0.25, 0.3) is 0 Å². The Morgan fingerprint density at radius 1 is 1.19 bits per heavy atom. The van der Waals surface area contributed by atoms with Crippen molar-refractivity contribution in [2.45, 2.75) is 103 Å². The van der Waals surface area contributed by atoms with Gasteiger partial charge in [0, 0.05) is 0 Å². The second-order valence-corrected chi connectivity index (χ2v) is 14.6.